The molecule has 15 heavy (non-hydrogen) atoms. The van der Waals surface area contributed by atoms with Gasteiger partial charge in [-0.2, -0.15) is 0 Å². The fourth-order valence-electron chi connectivity index (χ4n) is 1.50. The Morgan fingerprint density at radius 3 is 2.80 bits per heavy atom. The minimum Gasteiger partial charge on any atom is -0.396 e. The fourth-order valence-corrected chi connectivity index (χ4v) is 2.12. The van der Waals surface area contributed by atoms with Crippen LogP contribution in [-0.2, 0) is 7.86 Å². The minimum atomic E-state index is -3.01. The van der Waals surface area contributed by atoms with Crippen molar-refractivity contribution in [1.82, 2.24) is 4.90 Å². The van der Waals surface area contributed by atoms with E-state index in [4.69, 9.17) is 5.11 Å². The van der Waals surface area contributed by atoms with Gasteiger partial charge in [0.25, 0.3) is 5.92 Å². The average Bonchev–Trinajstić information content (AvgIpc) is 2.16. The van der Waals surface area contributed by atoms with Gasteiger partial charge in [-0.3, -0.25) is 4.79 Å². The molecule has 0 spiro atoms. The van der Waals surface area contributed by atoms with E-state index in [9.17, 15) is 13.6 Å². The summed E-state index contributed by atoms with van der Waals surface area (Å²) in [6.07, 6.45) is -1.12. The van der Waals surface area contributed by atoms with Crippen LogP contribution in [-0.4, -0.2) is 47.6 Å². The summed E-state index contributed by atoms with van der Waals surface area (Å²) in [4.78, 5) is 12.3. The number of hydrogen-bond acceptors (Lipinski definition) is 3. The number of aliphatic hydroxyl groups excluding tert-OH is 1. The van der Waals surface area contributed by atoms with E-state index in [0.29, 0.717) is 0 Å². The molecular weight excluding hydrogens is 323 g/mol. The monoisotopic (exact) mass is 335 g/mol. The summed E-state index contributed by atoms with van der Waals surface area (Å²) in [5.74, 6) is -3.45. The lowest BCUT2D eigenvalue weighted by molar-refractivity contribution is -0.155. The van der Waals surface area contributed by atoms with E-state index in [2.05, 4.69) is 3.07 Å². The Hall–Kier alpha value is -0.0200. The third-order valence-corrected chi connectivity index (χ3v) is 2.93. The quantitative estimate of drug-likeness (QED) is 0.782. The smallest absolute Gasteiger partial charge is 0.291 e. The van der Waals surface area contributed by atoms with Crippen LogP contribution in [0.25, 0.3) is 0 Å². The zero-order valence-electron chi connectivity index (χ0n) is 7.96. The summed E-state index contributed by atoms with van der Waals surface area (Å²) in [6, 6.07) is 0. The second-order valence-corrected chi connectivity index (χ2v) is 3.92. The SMILES string of the molecule is O=C(CCO)N1CC[C@H](OI)C(F)(F)C1. The van der Waals surface area contributed by atoms with Crippen molar-refractivity contribution < 1.29 is 21.7 Å². The van der Waals surface area contributed by atoms with Gasteiger partial charge in [0.05, 0.1) is 13.2 Å². The number of carbonyl (C=O) groups is 1. The molecule has 4 nitrogen and oxygen atoms in total. The van der Waals surface area contributed by atoms with Gasteiger partial charge in [0.1, 0.15) is 29.1 Å². The normalized spacial score (nSPS) is 25.3. The molecule has 1 rings (SSSR count). The van der Waals surface area contributed by atoms with Gasteiger partial charge in [0.15, 0.2) is 0 Å². The van der Waals surface area contributed by atoms with Crippen molar-refractivity contribution in [3.63, 3.8) is 0 Å². The first-order valence-electron chi connectivity index (χ1n) is 4.55. The van der Waals surface area contributed by atoms with Crippen LogP contribution in [0, 0.1) is 0 Å². The molecule has 88 valence electrons. The maximum atomic E-state index is 13.3. The maximum Gasteiger partial charge on any atom is 0.291 e. The van der Waals surface area contributed by atoms with E-state index in [1.54, 1.807) is 0 Å². The molecule has 0 saturated carbocycles. The Morgan fingerprint density at radius 1 is 1.67 bits per heavy atom. The Balaban J connectivity index is 2.57. The summed E-state index contributed by atoms with van der Waals surface area (Å²) in [7, 11) is 0. The van der Waals surface area contributed by atoms with Crippen LogP contribution in [0.2, 0.25) is 0 Å². The van der Waals surface area contributed by atoms with Gasteiger partial charge in [-0.25, -0.2) is 8.78 Å². The third kappa shape index (κ3) is 3.22. The van der Waals surface area contributed by atoms with Crippen LogP contribution >= 0.6 is 23.0 Å². The summed E-state index contributed by atoms with van der Waals surface area (Å²) in [5.41, 5.74) is 0. The largest absolute Gasteiger partial charge is 0.396 e. The van der Waals surface area contributed by atoms with E-state index in [1.807, 2.05) is 0 Å². The average molecular weight is 335 g/mol. The first-order chi connectivity index (χ1) is 7.01. The minimum absolute atomic E-state index is 0.105. The summed E-state index contributed by atoms with van der Waals surface area (Å²) in [6.45, 7) is -0.686. The zero-order chi connectivity index (χ0) is 11.5. The zero-order valence-corrected chi connectivity index (χ0v) is 10.1. The van der Waals surface area contributed by atoms with Crippen molar-refractivity contribution in [2.75, 3.05) is 19.7 Å². The first kappa shape index (κ1) is 13.0. The number of aliphatic hydroxyl groups is 1. The predicted octanol–water partition coefficient (Wildman–Crippen LogP) is 0.972. The van der Waals surface area contributed by atoms with Crippen molar-refractivity contribution in [3.8, 4) is 0 Å². The molecule has 1 N–H and O–H groups in total. The molecule has 0 aromatic carbocycles. The van der Waals surface area contributed by atoms with Gasteiger partial charge < -0.3 is 13.1 Å². The van der Waals surface area contributed by atoms with E-state index < -0.39 is 24.5 Å². The number of halogens is 3. The van der Waals surface area contributed by atoms with Crippen molar-refractivity contribution in [2.24, 2.45) is 0 Å². The van der Waals surface area contributed by atoms with Crippen LogP contribution in [0.1, 0.15) is 12.8 Å². The van der Waals surface area contributed by atoms with Crippen LogP contribution in [0.4, 0.5) is 8.78 Å². The summed E-state index contributed by atoms with van der Waals surface area (Å²) >= 11 is 1.45. The molecule has 1 saturated heterocycles. The molecule has 1 aliphatic rings. The Labute approximate surface area is 100 Å². The molecule has 1 amide bonds. The molecule has 7 heteroatoms. The number of nitrogens with zero attached hydrogens (tertiary/aromatic N) is 1. The Bertz CT molecular complexity index is 240. The number of hydrogen-bond donors (Lipinski definition) is 1. The first-order valence-corrected chi connectivity index (χ1v) is 5.43. The highest BCUT2D eigenvalue weighted by atomic mass is 127. The standard InChI is InChI=1S/C8H12F2INO3/c9-8(10)5-12(7(14)2-4-13)3-1-6(8)15-11/h6,13H,1-5H2/t6-/m0/s1. The fraction of sp³-hybridized carbons (Fsp3) is 0.875. The van der Waals surface area contributed by atoms with Gasteiger partial charge in [0.2, 0.25) is 5.91 Å². The number of alkyl halides is 2. The molecule has 1 heterocycles. The molecule has 0 bridgehead atoms. The molecular formula is C8H12F2INO3. The molecule has 0 unspecified atom stereocenters. The van der Waals surface area contributed by atoms with E-state index in [0.717, 1.165) is 4.90 Å². The van der Waals surface area contributed by atoms with Crippen LogP contribution in [0.15, 0.2) is 0 Å². The molecule has 1 atom stereocenters. The molecule has 1 fully saturated rings. The second-order valence-electron chi connectivity index (χ2n) is 3.42. The highest BCUT2D eigenvalue weighted by molar-refractivity contribution is 14.1. The number of carbonyl (C=O) groups excluding carboxylic acids is 1. The van der Waals surface area contributed by atoms with E-state index in [1.165, 1.54) is 23.0 Å². The highest BCUT2D eigenvalue weighted by Crippen LogP contribution is 2.31. The number of rotatable bonds is 3. The summed E-state index contributed by atoms with van der Waals surface area (Å²) in [5, 5.41) is 8.53. The molecule has 1 aliphatic heterocycles. The lowest BCUT2D eigenvalue weighted by atomic mass is 10.0. The molecule has 0 aromatic heterocycles. The summed E-state index contributed by atoms with van der Waals surface area (Å²) < 4.78 is 31.3. The van der Waals surface area contributed by atoms with Crippen LogP contribution < -0.4 is 0 Å². The predicted molar refractivity (Wildman–Crippen MR) is 56.7 cm³/mol. The Kier molecular flexibility index (Phi) is 4.65. The van der Waals surface area contributed by atoms with Crippen molar-refractivity contribution in [3.05, 3.63) is 0 Å². The lowest BCUT2D eigenvalue weighted by Crippen LogP contribution is -2.53. The van der Waals surface area contributed by atoms with Gasteiger partial charge in [-0.05, 0) is 6.42 Å². The van der Waals surface area contributed by atoms with Crippen molar-refractivity contribution in [2.45, 2.75) is 24.9 Å². The van der Waals surface area contributed by atoms with E-state index in [-0.39, 0.29) is 26.0 Å². The number of piperidine rings is 1. The number of amides is 1. The topological polar surface area (TPSA) is 49.8 Å². The van der Waals surface area contributed by atoms with Crippen molar-refractivity contribution >= 4 is 28.9 Å². The van der Waals surface area contributed by atoms with Crippen molar-refractivity contribution in [1.29, 1.82) is 0 Å². The van der Waals surface area contributed by atoms with Gasteiger partial charge in [-0.15, -0.1) is 0 Å². The molecule has 0 aliphatic carbocycles. The van der Waals surface area contributed by atoms with Crippen LogP contribution in [0.3, 0.4) is 0 Å². The second kappa shape index (κ2) is 5.35. The third-order valence-electron chi connectivity index (χ3n) is 2.32. The number of likely N-dealkylation sites (tertiary alicyclic amines) is 1. The molecule has 0 aromatic rings. The Morgan fingerprint density at radius 2 is 2.33 bits per heavy atom. The lowest BCUT2D eigenvalue weighted by Gasteiger charge is -2.36. The highest BCUT2D eigenvalue weighted by Gasteiger charge is 2.46. The van der Waals surface area contributed by atoms with Crippen LogP contribution in [0.5, 0.6) is 0 Å². The van der Waals surface area contributed by atoms with Gasteiger partial charge in [-0.1, -0.05) is 0 Å². The molecule has 0 radical (unpaired) electrons. The van der Waals surface area contributed by atoms with Gasteiger partial charge in [0, 0.05) is 13.0 Å². The maximum absolute atomic E-state index is 13.3. The van der Waals surface area contributed by atoms with Gasteiger partial charge >= 0.3 is 0 Å². The van der Waals surface area contributed by atoms with E-state index >= 15 is 0 Å².